The summed E-state index contributed by atoms with van der Waals surface area (Å²) in [6.45, 7) is 0.972. The predicted molar refractivity (Wildman–Crippen MR) is 78.4 cm³/mol. The van der Waals surface area contributed by atoms with Crippen LogP contribution in [0.5, 0.6) is 0 Å². The van der Waals surface area contributed by atoms with Gasteiger partial charge in [0.1, 0.15) is 13.2 Å². The first kappa shape index (κ1) is 16.6. The second-order valence-electron chi connectivity index (χ2n) is 5.13. The van der Waals surface area contributed by atoms with E-state index in [1.807, 2.05) is 21.1 Å². The van der Waals surface area contributed by atoms with Crippen LogP contribution in [0.3, 0.4) is 0 Å². The van der Waals surface area contributed by atoms with Crippen LogP contribution in [0.25, 0.3) is 10.4 Å². The third-order valence-corrected chi connectivity index (χ3v) is 2.97. The number of carbonyl (C=O) groups is 1. The van der Waals surface area contributed by atoms with E-state index in [1.165, 1.54) is 12.1 Å². The van der Waals surface area contributed by atoms with Gasteiger partial charge in [0, 0.05) is 4.91 Å². The van der Waals surface area contributed by atoms with Crippen molar-refractivity contribution in [3.05, 3.63) is 38.2 Å². The molecule has 0 N–H and O–H groups in total. The zero-order valence-electron chi connectivity index (χ0n) is 11.4. The smallest absolute Gasteiger partial charge is 0.338 e. The summed E-state index contributed by atoms with van der Waals surface area (Å²) in [7, 11) is 5.99. The summed E-state index contributed by atoms with van der Waals surface area (Å²) in [4.78, 5) is 14.5. The number of quaternary nitrogens is 1. The minimum Gasteiger partial charge on any atom is -0.456 e. The van der Waals surface area contributed by atoms with Crippen LogP contribution in [-0.4, -0.2) is 44.7 Å². The first-order valence-corrected chi connectivity index (χ1v) is 6.52. The number of ether oxygens (including phenoxy) is 1. The number of rotatable bonds is 5. The van der Waals surface area contributed by atoms with Crippen LogP contribution >= 0.6 is 23.2 Å². The summed E-state index contributed by atoms with van der Waals surface area (Å²) in [5.41, 5.74) is 8.70. The minimum atomic E-state index is -0.519. The highest BCUT2D eigenvalue weighted by Crippen LogP contribution is 2.34. The molecule has 0 heterocycles. The fraction of sp³-hybridized carbons (Fsp3) is 0.417. The van der Waals surface area contributed by atoms with Crippen LogP contribution in [0.2, 0.25) is 10.0 Å². The molecule has 0 aromatic heterocycles. The molecular weight excluding hydrogens is 303 g/mol. The number of halogens is 2. The van der Waals surface area contributed by atoms with Gasteiger partial charge in [0.05, 0.1) is 42.4 Å². The lowest BCUT2D eigenvalue weighted by molar-refractivity contribution is -0.870. The SMILES string of the molecule is C[N+](C)(C)CCOC(=O)c1cc(Cl)c(N=[N+]=[N-])c(Cl)c1. The average Bonchev–Trinajstić information content (AvgIpc) is 2.31. The molecular formula is C12H15Cl2N4O2+. The number of carbonyl (C=O) groups excluding carboxylic acids is 1. The highest BCUT2D eigenvalue weighted by atomic mass is 35.5. The van der Waals surface area contributed by atoms with E-state index >= 15 is 0 Å². The molecule has 0 aliphatic rings. The van der Waals surface area contributed by atoms with Crippen molar-refractivity contribution in [1.82, 2.24) is 0 Å². The molecule has 1 aromatic rings. The zero-order valence-corrected chi connectivity index (χ0v) is 12.9. The van der Waals surface area contributed by atoms with E-state index in [4.69, 9.17) is 33.5 Å². The van der Waals surface area contributed by atoms with Crippen LogP contribution in [0, 0.1) is 0 Å². The van der Waals surface area contributed by atoms with Gasteiger partial charge in [-0.15, -0.1) is 0 Å². The van der Waals surface area contributed by atoms with Crippen LogP contribution in [0.4, 0.5) is 5.69 Å². The van der Waals surface area contributed by atoms with Gasteiger partial charge in [-0.2, -0.15) is 0 Å². The highest BCUT2D eigenvalue weighted by molar-refractivity contribution is 6.39. The molecule has 0 spiro atoms. The molecule has 108 valence electrons. The van der Waals surface area contributed by atoms with Gasteiger partial charge in [0.15, 0.2) is 0 Å². The van der Waals surface area contributed by atoms with Gasteiger partial charge in [-0.25, -0.2) is 4.79 Å². The molecule has 0 bridgehead atoms. The summed E-state index contributed by atoms with van der Waals surface area (Å²) in [6, 6.07) is 2.73. The number of hydrogen-bond acceptors (Lipinski definition) is 3. The van der Waals surface area contributed by atoms with E-state index in [0.29, 0.717) is 11.0 Å². The number of hydrogen-bond donors (Lipinski definition) is 0. The normalized spacial score (nSPS) is 10.8. The molecule has 0 radical (unpaired) electrons. The van der Waals surface area contributed by atoms with Gasteiger partial charge in [0.2, 0.25) is 0 Å². The first-order chi connectivity index (χ1) is 9.24. The second kappa shape index (κ2) is 6.81. The van der Waals surface area contributed by atoms with Gasteiger partial charge in [-0.1, -0.05) is 28.3 Å². The topological polar surface area (TPSA) is 75.1 Å². The zero-order chi connectivity index (χ0) is 15.3. The summed E-state index contributed by atoms with van der Waals surface area (Å²) in [6.07, 6.45) is 0. The van der Waals surface area contributed by atoms with Crippen molar-refractivity contribution in [2.75, 3.05) is 34.3 Å². The maximum absolute atomic E-state index is 11.9. The van der Waals surface area contributed by atoms with E-state index in [2.05, 4.69) is 10.0 Å². The molecule has 0 amide bonds. The summed E-state index contributed by atoms with van der Waals surface area (Å²) in [5, 5.41) is 3.57. The van der Waals surface area contributed by atoms with Crippen molar-refractivity contribution in [2.24, 2.45) is 5.11 Å². The number of nitrogens with zero attached hydrogens (tertiary/aromatic N) is 4. The molecule has 0 aliphatic heterocycles. The van der Waals surface area contributed by atoms with Crippen LogP contribution < -0.4 is 0 Å². The van der Waals surface area contributed by atoms with E-state index in [0.717, 1.165) is 0 Å². The Kier molecular flexibility index (Phi) is 5.65. The van der Waals surface area contributed by atoms with Gasteiger partial charge < -0.3 is 9.22 Å². The second-order valence-corrected chi connectivity index (χ2v) is 5.94. The van der Waals surface area contributed by atoms with E-state index in [1.54, 1.807) is 0 Å². The summed E-state index contributed by atoms with van der Waals surface area (Å²) < 4.78 is 5.82. The predicted octanol–water partition coefficient (Wildman–Crippen LogP) is 3.80. The summed E-state index contributed by atoms with van der Waals surface area (Å²) >= 11 is 11.8. The Morgan fingerprint density at radius 1 is 1.35 bits per heavy atom. The fourth-order valence-corrected chi connectivity index (χ4v) is 1.88. The Labute approximate surface area is 127 Å². The molecule has 0 atom stereocenters. The van der Waals surface area contributed by atoms with Gasteiger partial charge in [-0.3, -0.25) is 0 Å². The van der Waals surface area contributed by atoms with E-state index in [-0.39, 0.29) is 27.9 Å². The van der Waals surface area contributed by atoms with Crippen molar-refractivity contribution in [2.45, 2.75) is 0 Å². The van der Waals surface area contributed by atoms with Crippen molar-refractivity contribution >= 4 is 34.9 Å². The molecule has 0 unspecified atom stereocenters. The summed E-state index contributed by atoms with van der Waals surface area (Å²) in [5.74, 6) is -0.519. The van der Waals surface area contributed by atoms with Crippen molar-refractivity contribution in [1.29, 1.82) is 0 Å². The lowest BCUT2D eigenvalue weighted by Crippen LogP contribution is -2.38. The third kappa shape index (κ3) is 4.90. The average molecular weight is 318 g/mol. The Morgan fingerprint density at radius 2 is 1.90 bits per heavy atom. The maximum atomic E-state index is 11.9. The Morgan fingerprint density at radius 3 is 2.35 bits per heavy atom. The van der Waals surface area contributed by atoms with Crippen LogP contribution in [0.1, 0.15) is 10.4 Å². The standard InChI is InChI=1S/C12H15Cl2N4O2/c1-18(2,3)4-5-20-12(19)8-6-9(13)11(16-17-15)10(14)7-8/h6-7H,4-5H2,1-3H3/q+1. The van der Waals surface area contributed by atoms with Crippen molar-refractivity contribution < 1.29 is 14.0 Å². The molecule has 8 heteroatoms. The molecule has 0 fully saturated rings. The fourth-order valence-electron chi connectivity index (χ4n) is 1.32. The van der Waals surface area contributed by atoms with Gasteiger partial charge in [0.25, 0.3) is 0 Å². The number of benzene rings is 1. The molecule has 6 nitrogen and oxygen atoms in total. The Bertz CT molecular complexity index is 540. The Balaban J connectivity index is 2.82. The lowest BCUT2D eigenvalue weighted by atomic mass is 10.2. The number of likely N-dealkylation sites (N-methyl/N-ethyl adjacent to an activating group) is 1. The largest absolute Gasteiger partial charge is 0.456 e. The molecule has 0 saturated carbocycles. The van der Waals surface area contributed by atoms with E-state index in [9.17, 15) is 4.79 Å². The monoisotopic (exact) mass is 317 g/mol. The molecule has 1 rings (SSSR count). The van der Waals surface area contributed by atoms with Crippen molar-refractivity contribution in [3.8, 4) is 0 Å². The molecule has 20 heavy (non-hydrogen) atoms. The van der Waals surface area contributed by atoms with Crippen LogP contribution in [-0.2, 0) is 4.74 Å². The van der Waals surface area contributed by atoms with Gasteiger partial charge >= 0.3 is 5.97 Å². The van der Waals surface area contributed by atoms with E-state index < -0.39 is 5.97 Å². The van der Waals surface area contributed by atoms with Crippen LogP contribution in [0.15, 0.2) is 17.2 Å². The number of esters is 1. The maximum Gasteiger partial charge on any atom is 0.338 e. The van der Waals surface area contributed by atoms with Crippen molar-refractivity contribution in [3.63, 3.8) is 0 Å². The first-order valence-electron chi connectivity index (χ1n) is 5.76. The third-order valence-electron chi connectivity index (χ3n) is 2.39. The molecule has 0 aliphatic carbocycles. The van der Waals surface area contributed by atoms with Gasteiger partial charge in [-0.05, 0) is 17.7 Å². The quantitative estimate of drug-likeness (QED) is 0.272. The highest BCUT2D eigenvalue weighted by Gasteiger charge is 2.15. The number of azide groups is 1. The lowest BCUT2D eigenvalue weighted by Gasteiger charge is -2.23. The molecule has 0 saturated heterocycles. The minimum absolute atomic E-state index is 0.0961. The molecule has 1 aromatic carbocycles. The Hall–Kier alpha value is -1.46.